The first-order valence-electron chi connectivity index (χ1n) is 14.5. The van der Waals surface area contributed by atoms with Crippen LogP contribution in [0.4, 0.5) is 5.69 Å². The van der Waals surface area contributed by atoms with Crippen molar-refractivity contribution in [3.8, 4) is 23.0 Å². The number of amides is 3. The molecule has 3 rings (SSSR count). The van der Waals surface area contributed by atoms with Crippen molar-refractivity contribution in [1.82, 2.24) is 10.9 Å². The highest BCUT2D eigenvalue weighted by Crippen LogP contribution is 2.30. The molecule has 18 heteroatoms. The Hall–Kier alpha value is -6.98. The van der Waals surface area contributed by atoms with E-state index in [0.29, 0.717) is 5.69 Å². The van der Waals surface area contributed by atoms with Gasteiger partial charge in [0.25, 0.3) is 11.8 Å². The van der Waals surface area contributed by atoms with Gasteiger partial charge in [-0.15, -0.1) is 0 Å². The van der Waals surface area contributed by atoms with Crippen molar-refractivity contribution >= 4 is 53.3 Å². The number of carbonyl (C=O) groups excluding carboxylic acids is 7. The molecule has 0 heterocycles. The van der Waals surface area contributed by atoms with Crippen molar-refractivity contribution in [1.29, 1.82) is 0 Å². The molecule has 0 aromatic heterocycles. The molecule has 0 saturated heterocycles. The second kappa shape index (κ2) is 17.4. The van der Waals surface area contributed by atoms with Crippen molar-refractivity contribution < 1.29 is 71.9 Å². The first-order chi connectivity index (χ1) is 24.1. The number of ether oxygens (including phenoxy) is 6. The third kappa shape index (κ3) is 10.8. The summed E-state index contributed by atoms with van der Waals surface area (Å²) in [5.74, 6) is -9.06. The largest absolute Gasteiger partial charge is 0.493 e. The van der Waals surface area contributed by atoms with Gasteiger partial charge in [0.15, 0.2) is 23.0 Å². The van der Waals surface area contributed by atoms with Crippen molar-refractivity contribution in [3.63, 3.8) is 0 Å². The van der Waals surface area contributed by atoms with Gasteiger partial charge in [-0.25, -0.2) is 14.4 Å². The van der Waals surface area contributed by atoms with Gasteiger partial charge in [-0.1, -0.05) is 0 Å². The van der Waals surface area contributed by atoms with Crippen LogP contribution in [0.3, 0.4) is 0 Å². The average Bonchev–Trinajstić information content (AvgIpc) is 3.08. The van der Waals surface area contributed by atoms with Crippen LogP contribution in [-0.4, -0.2) is 79.1 Å². The highest BCUT2D eigenvalue weighted by Gasteiger charge is 2.41. The molecular formula is C33H31N3O15. The topological polar surface area (TPSA) is 248 Å². The molecule has 18 nitrogen and oxygen atoms in total. The SMILES string of the molecule is COc1cc(C(=O)O[C@H](C(=O)O)[C@H](OC(=O)c2ccc(OC(C)=O)c(OC)c2)C(=O)NNC(=O)c2ccc(NC(C)=O)cc2)ccc1OC(C)=O. The van der Waals surface area contributed by atoms with E-state index in [1.165, 1.54) is 57.5 Å². The maximum atomic E-state index is 13.4. The lowest BCUT2D eigenvalue weighted by molar-refractivity contribution is -0.159. The van der Waals surface area contributed by atoms with E-state index in [0.717, 1.165) is 38.1 Å². The number of rotatable bonds is 13. The zero-order valence-corrected chi connectivity index (χ0v) is 27.6. The number of methoxy groups -OCH3 is 2. The number of hydrogen-bond donors (Lipinski definition) is 4. The molecule has 0 fully saturated rings. The monoisotopic (exact) mass is 709 g/mol. The van der Waals surface area contributed by atoms with Crippen molar-refractivity contribution in [2.75, 3.05) is 19.5 Å². The first kappa shape index (κ1) is 38.5. The number of carboxylic acid groups (broad SMARTS) is 1. The van der Waals surface area contributed by atoms with Crippen LogP contribution in [0.2, 0.25) is 0 Å². The van der Waals surface area contributed by atoms with Crippen molar-refractivity contribution in [3.05, 3.63) is 77.4 Å². The van der Waals surface area contributed by atoms with Crippen molar-refractivity contribution in [2.45, 2.75) is 33.0 Å². The predicted molar refractivity (Wildman–Crippen MR) is 171 cm³/mol. The van der Waals surface area contributed by atoms with E-state index in [1.54, 1.807) is 0 Å². The fourth-order valence-corrected chi connectivity index (χ4v) is 4.10. The van der Waals surface area contributed by atoms with Crippen LogP contribution in [0.25, 0.3) is 0 Å². The molecule has 0 radical (unpaired) electrons. The Bertz CT molecular complexity index is 1860. The molecule has 0 aliphatic carbocycles. The minimum absolute atomic E-state index is 0.00901. The Morgan fingerprint density at radius 1 is 0.588 bits per heavy atom. The number of esters is 4. The van der Waals surface area contributed by atoms with Gasteiger partial charge in [0, 0.05) is 32.0 Å². The summed E-state index contributed by atoms with van der Waals surface area (Å²) in [4.78, 5) is 99.0. The summed E-state index contributed by atoms with van der Waals surface area (Å²) in [6.07, 6.45) is -4.96. The van der Waals surface area contributed by atoms with E-state index < -0.39 is 53.9 Å². The van der Waals surface area contributed by atoms with Gasteiger partial charge in [0.1, 0.15) is 0 Å². The summed E-state index contributed by atoms with van der Waals surface area (Å²) >= 11 is 0. The van der Waals surface area contributed by atoms with Crippen LogP contribution in [0, 0.1) is 0 Å². The van der Waals surface area contributed by atoms with Crippen LogP contribution in [0.5, 0.6) is 23.0 Å². The number of benzene rings is 3. The first-order valence-corrected chi connectivity index (χ1v) is 14.5. The second-order valence-corrected chi connectivity index (χ2v) is 10.1. The normalized spacial score (nSPS) is 11.4. The fraction of sp³-hybridized carbons (Fsp3) is 0.212. The van der Waals surface area contributed by atoms with E-state index in [9.17, 15) is 43.5 Å². The molecular weight excluding hydrogens is 678 g/mol. The maximum absolute atomic E-state index is 13.4. The van der Waals surface area contributed by atoms with Crippen LogP contribution < -0.4 is 35.1 Å². The molecule has 0 bridgehead atoms. The third-order valence-corrected chi connectivity index (χ3v) is 6.32. The zero-order valence-electron chi connectivity index (χ0n) is 27.6. The molecule has 0 spiro atoms. The minimum atomic E-state index is -2.52. The molecule has 3 amide bonds. The van der Waals surface area contributed by atoms with Gasteiger partial charge >= 0.3 is 29.8 Å². The Morgan fingerprint density at radius 2 is 1.04 bits per heavy atom. The number of carbonyl (C=O) groups is 8. The lowest BCUT2D eigenvalue weighted by Gasteiger charge is -2.24. The second-order valence-electron chi connectivity index (χ2n) is 10.1. The average molecular weight is 710 g/mol. The number of nitrogens with one attached hydrogen (secondary N) is 3. The lowest BCUT2D eigenvalue weighted by atomic mass is 10.1. The number of carboxylic acids is 1. The van der Waals surface area contributed by atoms with Gasteiger partial charge in [0.2, 0.25) is 18.1 Å². The van der Waals surface area contributed by atoms with Crippen LogP contribution in [-0.2, 0) is 33.4 Å². The van der Waals surface area contributed by atoms with E-state index in [-0.39, 0.29) is 45.6 Å². The highest BCUT2D eigenvalue weighted by molar-refractivity contribution is 6.00. The van der Waals surface area contributed by atoms with Gasteiger partial charge in [0.05, 0.1) is 25.3 Å². The van der Waals surface area contributed by atoms with Crippen LogP contribution >= 0.6 is 0 Å². The van der Waals surface area contributed by atoms with E-state index >= 15 is 0 Å². The molecule has 3 aromatic carbocycles. The fourth-order valence-electron chi connectivity index (χ4n) is 4.10. The molecule has 0 aliphatic heterocycles. The zero-order chi connectivity index (χ0) is 37.8. The van der Waals surface area contributed by atoms with E-state index in [2.05, 4.69) is 5.32 Å². The van der Waals surface area contributed by atoms with Crippen LogP contribution in [0.15, 0.2) is 60.7 Å². The number of aliphatic carboxylic acids is 1. The molecule has 51 heavy (non-hydrogen) atoms. The Labute approximate surface area is 288 Å². The van der Waals surface area contributed by atoms with Crippen molar-refractivity contribution in [2.24, 2.45) is 0 Å². The van der Waals surface area contributed by atoms with Gasteiger partial charge in [-0.3, -0.25) is 34.8 Å². The molecule has 3 aromatic rings. The molecule has 0 unspecified atom stereocenters. The molecule has 268 valence electrons. The number of anilines is 1. The summed E-state index contributed by atoms with van der Waals surface area (Å²) in [5.41, 5.74) is 3.71. The lowest BCUT2D eigenvalue weighted by Crippen LogP contribution is -2.54. The van der Waals surface area contributed by atoms with Gasteiger partial charge in [-0.05, 0) is 60.7 Å². The summed E-state index contributed by atoms with van der Waals surface area (Å²) in [5, 5.41) is 12.6. The summed E-state index contributed by atoms with van der Waals surface area (Å²) < 4.78 is 30.6. The Morgan fingerprint density at radius 3 is 1.45 bits per heavy atom. The van der Waals surface area contributed by atoms with Crippen LogP contribution in [0.1, 0.15) is 51.8 Å². The van der Waals surface area contributed by atoms with E-state index in [1.807, 2.05) is 10.9 Å². The molecule has 0 saturated carbocycles. The summed E-state index contributed by atoms with van der Waals surface area (Å²) in [6, 6.07) is 12.1. The van der Waals surface area contributed by atoms with Gasteiger partial charge in [-0.2, -0.15) is 0 Å². The number of hydrazine groups is 1. The highest BCUT2D eigenvalue weighted by atomic mass is 16.6. The quantitative estimate of drug-likeness (QED) is 0.112. The standard InChI is InChI=1S/C33H31N3O15/c1-16(37)34-22-10-6-19(7-11-22)29(40)35-36-30(41)27(50-32(44)20-8-12-23(48-17(2)38)25(14-20)46-4)28(31(42)43)51-33(45)21-9-13-24(49-18(3)39)26(15-21)47-5/h6-15,27-28H,1-5H3,(H,34,37)(H,35,40)(H,36,41)(H,42,43)/t27-,28-/m0/s1. The number of hydrogen-bond acceptors (Lipinski definition) is 14. The summed E-state index contributed by atoms with van der Waals surface area (Å²) in [6.45, 7) is 3.54. The Balaban J connectivity index is 1.93. The van der Waals surface area contributed by atoms with Gasteiger partial charge < -0.3 is 38.8 Å². The maximum Gasteiger partial charge on any atom is 0.349 e. The molecule has 2 atom stereocenters. The molecule has 4 N–H and O–H groups in total. The Kier molecular flexibility index (Phi) is 13.1. The minimum Gasteiger partial charge on any atom is -0.493 e. The third-order valence-electron chi connectivity index (χ3n) is 6.32. The predicted octanol–water partition coefficient (Wildman–Crippen LogP) is 1.81. The summed E-state index contributed by atoms with van der Waals surface area (Å²) in [7, 11) is 2.41. The van der Waals surface area contributed by atoms with E-state index in [4.69, 9.17) is 28.4 Å². The molecule has 0 aliphatic rings. The smallest absolute Gasteiger partial charge is 0.349 e.